The molecule has 1 aromatic heterocycles. The number of nitrogens with one attached hydrogen (secondary N) is 1. The van der Waals surface area contributed by atoms with Gasteiger partial charge >= 0.3 is 12.1 Å². The lowest BCUT2D eigenvalue weighted by atomic mass is 10.3. The molecule has 1 heterocycles. The zero-order chi connectivity index (χ0) is 14.5. The fraction of sp³-hybridized carbons (Fsp3) is 0.455. The maximum absolute atomic E-state index is 11.9. The zero-order valence-corrected chi connectivity index (χ0v) is 11.4. The van der Waals surface area contributed by atoms with Gasteiger partial charge in [-0.2, -0.15) is 13.2 Å². The zero-order valence-electron chi connectivity index (χ0n) is 9.84. The molecule has 4 nitrogen and oxygen atoms in total. The van der Waals surface area contributed by atoms with E-state index in [1.54, 1.807) is 17.6 Å². The number of nitrogens with zero attached hydrogens (tertiary/aromatic N) is 1. The van der Waals surface area contributed by atoms with Crippen LogP contribution in [-0.4, -0.2) is 23.2 Å². The number of carbonyl (C=O) groups is 1. The Labute approximate surface area is 115 Å². The standard InChI is InChI=1S/C11H12BrF3N2O2/c12-8-3-4-9(18)17(7-8)6-2-1-5-16-10(19)11(13,14)15/h3-4,7H,1-2,5-6H2,(H,16,19). The molecule has 0 aliphatic rings. The normalized spacial score (nSPS) is 11.4. The first-order valence-electron chi connectivity index (χ1n) is 5.52. The van der Waals surface area contributed by atoms with Crippen molar-refractivity contribution in [2.24, 2.45) is 0 Å². The molecule has 0 unspecified atom stereocenters. The van der Waals surface area contributed by atoms with Gasteiger partial charge in [0, 0.05) is 29.8 Å². The Balaban J connectivity index is 2.30. The minimum atomic E-state index is -4.85. The number of aryl methyl sites for hydroxylation is 1. The summed E-state index contributed by atoms with van der Waals surface area (Å²) in [7, 11) is 0. The smallest absolute Gasteiger partial charge is 0.348 e. The fourth-order valence-electron chi connectivity index (χ4n) is 1.39. The van der Waals surface area contributed by atoms with Crippen LogP contribution in [-0.2, 0) is 11.3 Å². The predicted octanol–water partition coefficient (Wildman–Crippen LogP) is 2.07. The van der Waals surface area contributed by atoms with Gasteiger partial charge in [-0.3, -0.25) is 9.59 Å². The second kappa shape index (κ2) is 6.74. The first-order chi connectivity index (χ1) is 8.80. The van der Waals surface area contributed by atoms with Gasteiger partial charge in [-0.05, 0) is 34.8 Å². The van der Waals surface area contributed by atoms with Crippen LogP contribution in [0, 0.1) is 0 Å². The highest BCUT2D eigenvalue weighted by Gasteiger charge is 2.38. The lowest BCUT2D eigenvalue weighted by Gasteiger charge is -2.08. The van der Waals surface area contributed by atoms with Crippen LogP contribution in [0.5, 0.6) is 0 Å². The minimum Gasteiger partial charge on any atom is -0.348 e. The van der Waals surface area contributed by atoms with Crippen molar-refractivity contribution in [2.45, 2.75) is 25.6 Å². The molecule has 1 aromatic rings. The molecule has 0 spiro atoms. The van der Waals surface area contributed by atoms with Gasteiger partial charge in [-0.1, -0.05) is 0 Å². The van der Waals surface area contributed by atoms with Crippen molar-refractivity contribution in [3.05, 3.63) is 33.2 Å². The van der Waals surface area contributed by atoms with Crippen molar-refractivity contribution in [1.29, 1.82) is 0 Å². The van der Waals surface area contributed by atoms with Gasteiger partial charge in [0.2, 0.25) is 0 Å². The molecular weight excluding hydrogens is 329 g/mol. The highest BCUT2D eigenvalue weighted by atomic mass is 79.9. The van der Waals surface area contributed by atoms with Gasteiger partial charge in [0.05, 0.1) is 0 Å². The Morgan fingerprint density at radius 1 is 1.32 bits per heavy atom. The van der Waals surface area contributed by atoms with Crippen LogP contribution in [0.4, 0.5) is 13.2 Å². The van der Waals surface area contributed by atoms with Crippen LogP contribution < -0.4 is 10.9 Å². The van der Waals surface area contributed by atoms with Crippen LogP contribution in [0.3, 0.4) is 0 Å². The molecule has 0 aliphatic heterocycles. The summed E-state index contributed by atoms with van der Waals surface area (Å²) in [5.41, 5.74) is -0.178. The fourth-order valence-corrected chi connectivity index (χ4v) is 1.77. The van der Waals surface area contributed by atoms with Crippen LogP contribution in [0.1, 0.15) is 12.8 Å². The molecule has 19 heavy (non-hydrogen) atoms. The lowest BCUT2D eigenvalue weighted by Crippen LogP contribution is -2.37. The Kier molecular flexibility index (Phi) is 5.59. The molecule has 0 aliphatic carbocycles. The number of carbonyl (C=O) groups excluding carboxylic acids is 1. The van der Waals surface area contributed by atoms with E-state index in [-0.39, 0.29) is 12.1 Å². The number of hydrogen-bond donors (Lipinski definition) is 1. The van der Waals surface area contributed by atoms with E-state index < -0.39 is 12.1 Å². The van der Waals surface area contributed by atoms with Gasteiger partial charge in [0.1, 0.15) is 0 Å². The first kappa shape index (κ1) is 15.7. The van der Waals surface area contributed by atoms with E-state index in [2.05, 4.69) is 15.9 Å². The molecule has 0 fully saturated rings. The third-order valence-electron chi connectivity index (χ3n) is 2.32. The van der Waals surface area contributed by atoms with Crippen molar-refractivity contribution >= 4 is 21.8 Å². The van der Waals surface area contributed by atoms with Crippen LogP contribution in [0.15, 0.2) is 27.6 Å². The number of rotatable bonds is 5. The van der Waals surface area contributed by atoms with E-state index in [0.717, 1.165) is 4.47 Å². The van der Waals surface area contributed by atoms with Gasteiger partial charge in [-0.15, -0.1) is 0 Å². The second-order valence-corrected chi connectivity index (χ2v) is 4.76. The number of aromatic nitrogens is 1. The number of alkyl halides is 3. The Morgan fingerprint density at radius 3 is 2.63 bits per heavy atom. The summed E-state index contributed by atoms with van der Waals surface area (Å²) in [6.07, 6.45) is -2.38. The largest absolute Gasteiger partial charge is 0.471 e. The molecule has 0 atom stereocenters. The van der Waals surface area contributed by atoms with E-state index in [9.17, 15) is 22.8 Å². The molecule has 0 saturated carbocycles. The molecular formula is C11H12BrF3N2O2. The predicted molar refractivity (Wildman–Crippen MR) is 66.7 cm³/mol. The molecule has 106 valence electrons. The van der Waals surface area contributed by atoms with Crippen molar-refractivity contribution in [2.75, 3.05) is 6.54 Å². The molecule has 1 rings (SSSR count). The van der Waals surface area contributed by atoms with Crippen molar-refractivity contribution in [3.63, 3.8) is 0 Å². The van der Waals surface area contributed by atoms with E-state index in [1.807, 2.05) is 0 Å². The second-order valence-electron chi connectivity index (χ2n) is 3.84. The minimum absolute atomic E-state index is 0.0684. The SMILES string of the molecule is O=C(NCCCCn1cc(Br)ccc1=O)C(F)(F)F. The Hall–Kier alpha value is -1.31. The third-order valence-corrected chi connectivity index (χ3v) is 2.79. The van der Waals surface area contributed by atoms with Gasteiger partial charge in [-0.25, -0.2) is 0 Å². The summed E-state index contributed by atoms with van der Waals surface area (Å²) in [5, 5.41) is 1.77. The molecule has 0 bridgehead atoms. The molecule has 0 saturated heterocycles. The average Bonchev–Trinajstić information content (AvgIpc) is 2.31. The summed E-state index contributed by atoms with van der Waals surface area (Å²) >= 11 is 3.22. The van der Waals surface area contributed by atoms with E-state index in [0.29, 0.717) is 19.4 Å². The number of hydrogen-bond acceptors (Lipinski definition) is 2. The summed E-state index contributed by atoms with van der Waals surface area (Å²) in [6, 6.07) is 3.01. The summed E-state index contributed by atoms with van der Waals surface area (Å²) in [5.74, 6) is -1.94. The molecule has 1 amide bonds. The summed E-state index contributed by atoms with van der Waals surface area (Å²) in [6.45, 7) is 0.321. The quantitative estimate of drug-likeness (QED) is 0.834. The molecule has 0 radical (unpaired) electrons. The first-order valence-corrected chi connectivity index (χ1v) is 6.31. The summed E-state index contributed by atoms with van der Waals surface area (Å²) < 4.78 is 37.8. The highest BCUT2D eigenvalue weighted by Crippen LogP contribution is 2.13. The summed E-state index contributed by atoms with van der Waals surface area (Å²) in [4.78, 5) is 21.9. The maximum atomic E-state index is 11.9. The van der Waals surface area contributed by atoms with Gasteiger partial charge in [0.25, 0.3) is 5.56 Å². The van der Waals surface area contributed by atoms with Gasteiger partial charge in [0.15, 0.2) is 0 Å². The molecule has 1 N–H and O–H groups in total. The van der Waals surface area contributed by atoms with E-state index in [4.69, 9.17) is 0 Å². The van der Waals surface area contributed by atoms with E-state index >= 15 is 0 Å². The van der Waals surface area contributed by atoms with Crippen molar-refractivity contribution in [3.8, 4) is 0 Å². The average molecular weight is 341 g/mol. The van der Waals surface area contributed by atoms with Gasteiger partial charge < -0.3 is 9.88 Å². The molecule has 0 aromatic carbocycles. The number of unbranched alkanes of at least 4 members (excludes halogenated alkanes) is 1. The topological polar surface area (TPSA) is 51.1 Å². The Bertz CT molecular complexity index is 499. The Morgan fingerprint density at radius 2 is 2.00 bits per heavy atom. The highest BCUT2D eigenvalue weighted by molar-refractivity contribution is 9.10. The van der Waals surface area contributed by atoms with Crippen LogP contribution in [0.2, 0.25) is 0 Å². The number of halogens is 4. The van der Waals surface area contributed by atoms with E-state index in [1.165, 1.54) is 10.6 Å². The van der Waals surface area contributed by atoms with Crippen molar-refractivity contribution in [1.82, 2.24) is 9.88 Å². The van der Waals surface area contributed by atoms with Crippen LogP contribution >= 0.6 is 15.9 Å². The van der Waals surface area contributed by atoms with Crippen molar-refractivity contribution < 1.29 is 18.0 Å². The van der Waals surface area contributed by atoms with Crippen LogP contribution in [0.25, 0.3) is 0 Å². The lowest BCUT2D eigenvalue weighted by molar-refractivity contribution is -0.173. The maximum Gasteiger partial charge on any atom is 0.471 e. The number of amides is 1. The third kappa shape index (κ3) is 5.46. The molecule has 8 heteroatoms. The number of pyridine rings is 1. The monoisotopic (exact) mass is 340 g/mol.